The van der Waals surface area contributed by atoms with Crippen LogP contribution in [0.3, 0.4) is 0 Å². The molecule has 0 unspecified atom stereocenters. The van der Waals surface area contributed by atoms with E-state index in [-0.39, 0.29) is 5.78 Å². The van der Waals surface area contributed by atoms with Crippen molar-refractivity contribution in [3.05, 3.63) is 67.1 Å². The lowest BCUT2D eigenvalue weighted by Crippen LogP contribution is -2.02. The molecule has 0 aromatic heterocycles. The molecule has 0 aliphatic carbocycles. The second kappa shape index (κ2) is 5.62. The highest BCUT2D eigenvalue weighted by Gasteiger charge is 2.14. The Kier molecular flexibility index (Phi) is 4.33. The average molecular weight is 364 g/mol. The number of halogens is 4. The third-order valence-corrected chi connectivity index (χ3v) is 3.92. The van der Waals surface area contributed by atoms with E-state index in [1.165, 1.54) is 6.07 Å². The Balaban J connectivity index is 2.47. The van der Waals surface area contributed by atoms with Crippen LogP contribution < -0.4 is 0 Å². The molecule has 0 radical (unpaired) electrons. The molecule has 0 saturated heterocycles. The normalized spacial score (nSPS) is 10.4. The Labute approximate surface area is 128 Å². The largest absolute Gasteiger partial charge is 0.289 e. The molecule has 0 heterocycles. The molecule has 0 saturated carbocycles. The first-order valence-electron chi connectivity index (χ1n) is 4.94. The number of hydrogen-bond donors (Lipinski definition) is 0. The van der Waals surface area contributed by atoms with E-state index in [1.54, 1.807) is 30.3 Å². The third-order valence-electron chi connectivity index (χ3n) is 2.35. The molecule has 0 spiro atoms. The maximum atomic E-state index is 12.3. The highest BCUT2D eigenvalue weighted by molar-refractivity contribution is 9.10. The highest BCUT2D eigenvalue weighted by Crippen LogP contribution is 2.27. The van der Waals surface area contributed by atoms with Gasteiger partial charge in [-0.05, 0) is 36.4 Å². The van der Waals surface area contributed by atoms with Crippen molar-refractivity contribution in [3.63, 3.8) is 0 Å². The maximum Gasteiger partial charge on any atom is 0.194 e. The fraction of sp³-hybridized carbons (Fsp3) is 0. The van der Waals surface area contributed by atoms with Crippen molar-refractivity contribution < 1.29 is 4.79 Å². The molecule has 0 fully saturated rings. The van der Waals surface area contributed by atoms with E-state index in [0.717, 1.165) is 4.47 Å². The fourth-order valence-corrected chi connectivity index (χ4v) is 2.33. The predicted molar refractivity (Wildman–Crippen MR) is 79.0 cm³/mol. The van der Waals surface area contributed by atoms with Crippen molar-refractivity contribution in [1.82, 2.24) is 0 Å². The van der Waals surface area contributed by atoms with Crippen molar-refractivity contribution in [2.24, 2.45) is 0 Å². The van der Waals surface area contributed by atoms with Crippen molar-refractivity contribution in [2.75, 3.05) is 0 Å². The average Bonchev–Trinajstić information content (AvgIpc) is 2.35. The van der Waals surface area contributed by atoms with Gasteiger partial charge in [0.15, 0.2) is 5.78 Å². The van der Waals surface area contributed by atoms with Gasteiger partial charge >= 0.3 is 0 Å². The first-order valence-corrected chi connectivity index (χ1v) is 6.86. The molecule has 1 nitrogen and oxygen atoms in total. The lowest BCUT2D eigenvalue weighted by Gasteiger charge is -2.05. The summed E-state index contributed by atoms with van der Waals surface area (Å²) in [6.07, 6.45) is 0. The van der Waals surface area contributed by atoms with Gasteiger partial charge in [-0.1, -0.05) is 50.7 Å². The molecular formula is C13H6BrCl3O. The Bertz CT molecular complexity index is 626. The zero-order valence-corrected chi connectivity index (χ0v) is 12.7. The molecule has 18 heavy (non-hydrogen) atoms. The quantitative estimate of drug-likeness (QED) is 0.630. The number of hydrogen-bond acceptors (Lipinski definition) is 1. The topological polar surface area (TPSA) is 17.1 Å². The van der Waals surface area contributed by atoms with E-state index in [1.807, 2.05) is 0 Å². The van der Waals surface area contributed by atoms with E-state index in [0.29, 0.717) is 26.2 Å². The minimum atomic E-state index is -0.195. The summed E-state index contributed by atoms with van der Waals surface area (Å²) in [6.45, 7) is 0. The van der Waals surface area contributed by atoms with Gasteiger partial charge in [0.2, 0.25) is 0 Å². The van der Waals surface area contributed by atoms with Crippen LogP contribution in [0.4, 0.5) is 0 Å². The van der Waals surface area contributed by atoms with Gasteiger partial charge in [-0.2, -0.15) is 0 Å². The van der Waals surface area contributed by atoms with E-state index in [2.05, 4.69) is 15.9 Å². The van der Waals surface area contributed by atoms with E-state index in [4.69, 9.17) is 34.8 Å². The van der Waals surface area contributed by atoms with Crippen LogP contribution in [0, 0.1) is 0 Å². The van der Waals surface area contributed by atoms with Gasteiger partial charge in [0.25, 0.3) is 0 Å². The zero-order valence-electron chi connectivity index (χ0n) is 8.88. The Morgan fingerprint density at radius 1 is 0.889 bits per heavy atom. The Morgan fingerprint density at radius 2 is 1.56 bits per heavy atom. The molecule has 0 aliphatic heterocycles. The molecule has 0 N–H and O–H groups in total. The Hall–Kier alpha value is -0.540. The van der Waals surface area contributed by atoms with Crippen LogP contribution in [-0.2, 0) is 0 Å². The summed E-state index contributed by atoms with van der Waals surface area (Å²) in [4.78, 5) is 12.3. The molecule has 92 valence electrons. The maximum absolute atomic E-state index is 12.3. The van der Waals surface area contributed by atoms with E-state index >= 15 is 0 Å². The molecule has 0 aliphatic rings. The minimum absolute atomic E-state index is 0.195. The van der Waals surface area contributed by atoms with Gasteiger partial charge in [-0.15, -0.1) is 0 Å². The lowest BCUT2D eigenvalue weighted by molar-refractivity contribution is 0.103. The lowest BCUT2D eigenvalue weighted by atomic mass is 10.0. The number of rotatable bonds is 2. The molecule has 2 rings (SSSR count). The van der Waals surface area contributed by atoms with Gasteiger partial charge in [0.05, 0.1) is 15.1 Å². The zero-order chi connectivity index (χ0) is 13.3. The fourth-order valence-electron chi connectivity index (χ4n) is 1.46. The number of carbonyl (C=O) groups excluding carboxylic acids is 1. The van der Waals surface area contributed by atoms with Crippen LogP contribution in [0.5, 0.6) is 0 Å². The van der Waals surface area contributed by atoms with Crippen LogP contribution in [0.2, 0.25) is 15.1 Å². The molecule has 2 aromatic carbocycles. The SMILES string of the molecule is O=C(c1ccc(Cl)c(Cl)c1)c1cc(Br)ccc1Cl. The van der Waals surface area contributed by atoms with Crippen LogP contribution in [0.15, 0.2) is 40.9 Å². The van der Waals surface area contributed by atoms with Crippen molar-refractivity contribution in [3.8, 4) is 0 Å². The van der Waals surface area contributed by atoms with Crippen LogP contribution >= 0.6 is 50.7 Å². The summed E-state index contributed by atoms with van der Waals surface area (Å²) >= 11 is 21.0. The van der Waals surface area contributed by atoms with Gasteiger partial charge < -0.3 is 0 Å². The molecule has 0 atom stereocenters. The second-order valence-corrected chi connectivity index (χ2v) is 5.72. The van der Waals surface area contributed by atoms with Crippen molar-refractivity contribution in [2.45, 2.75) is 0 Å². The highest BCUT2D eigenvalue weighted by atomic mass is 79.9. The first-order chi connectivity index (χ1) is 8.49. The third kappa shape index (κ3) is 2.89. The summed E-state index contributed by atoms with van der Waals surface area (Å²) in [5, 5.41) is 1.15. The molecule has 2 aromatic rings. The predicted octanol–water partition coefficient (Wildman–Crippen LogP) is 5.64. The van der Waals surface area contributed by atoms with Crippen LogP contribution in [0.25, 0.3) is 0 Å². The summed E-state index contributed by atoms with van der Waals surface area (Å²) in [6, 6.07) is 9.85. The van der Waals surface area contributed by atoms with Gasteiger partial charge in [-0.3, -0.25) is 4.79 Å². The smallest absolute Gasteiger partial charge is 0.194 e. The summed E-state index contributed by atoms with van der Waals surface area (Å²) in [7, 11) is 0. The van der Waals surface area contributed by atoms with Gasteiger partial charge in [0, 0.05) is 15.6 Å². The first kappa shape index (κ1) is 13.9. The van der Waals surface area contributed by atoms with E-state index < -0.39 is 0 Å². The molecule has 0 amide bonds. The number of carbonyl (C=O) groups is 1. The van der Waals surface area contributed by atoms with Gasteiger partial charge in [0.1, 0.15) is 0 Å². The summed E-state index contributed by atoms with van der Waals surface area (Å²) in [5.41, 5.74) is 0.869. The van der Waals surface area contributed by atoms with Crippen molar-refractivity contribution in [1.29, 1.82) is 0 Å². The molecular weight excluding hydrogens is 358 g/mol. The molecule has 5 heteroatoms. The minimum Gasteiger partial charge on any atom is -0.289 e. The molecule has 0 bridgehead atoms. The van der Waals surface area contributed by atoms with Crippen LogP contribution in [-0.4, -0.2) is 5.78 Å². The van der Waals surface area contributed by atoms with Crippen molar-refractivity contribution >= 4 is 56.5 Å². The monoisotopic (exact) mass is 362 g/mol. The number of ketones is 1. The standard InChI is InChI=1S/C13H6BrCl3O/c14-8-2-4-10(15)9(6-8)13(18)7-1-3-11(16)12(17)5-7/h1-6H. The number of benzene rings is 2. The summed E-state index contributed by atoms with van der Waals surface area (Å²) < 4.78 is 0.787. The van der Waals surface area contributed by atoms with Crippen LogP contribution in [0.1, 0.15) is 15.9 Å². The summed E-state index contributed by atoms with van der Waals surface area (Å²) in [5.74, 6) is -0.195. The van der Waals surface area contributed by atoms with E-state index in [9.17, 15) is 4.79 Å². The second-order valence-electron chi connectivity index (χ2n) is 3.58. The van der Waals surface area contributed by atoms with Gasteiger partial charge in [-0.25, -0.2) is 0 Å². The Morgan fingerprint density at radius 3 is 2.22 bits per heavy atom.